The topological polar surface area (TPSA) is 108 Å². The van der Waals surface area contributed by atoms with E-state index in [0.29, 0.717) is 24.7 Å². The number of imidazole rings is 1. The maximum Gasteiger partial charge on any atom is 0.228 e. The molecule has 1 fully saturated rings. The lowest BCUT2D eigenvalue weighted by Gasteiger charge is -2.21. The molecule has 0 saturated carbocycles. The molecule has 33 heavy (non-hydrogen) atoms. The monoisotopic (exact) mass is 462 g/mol. The summed E-state index contributed by atoms with van der Waals surface area (Å²) in [6, 6.07) is 2.04. The Bertz CT molecular complexity index is 1120. The van der Waals surface area contributed by atoms with Crippen LogP contribution in [-0.4, -0.2) is 51.4 Å². The SMILES string of the molecule is Cc1nc(-c2nc(Nc3cc(F)c(CNCCO)cc3F)ncc2F)c(C2CCOCC2)[nH]1. The van der Waals surface area contributed by atoms with Crippen LogP contribution in [0.5, 0.6) is 0 Å². The Labute approximate surface area is 188 Å². The summed E-state index contributed by atoms with van der Waals surface area (Å²) in [5, 5.41) is 14.2. The lowest BCUT2D eigenvalue weighted by Crippen LogP contribution is -2.18. The number of H-pyrrole nitrogens is 1. The van der Waals surface area contributed by atoms with Crippen LogP contribution in [0.1, 0.15) is 35.8 Å². The van der Waals surface area contributed by atoms with Gasteiger partial charge < -0.3 is 25.5 Å². The molecule has 1 aliphatic rings. The van der Waals surface area contributed by atoms with Crippen molar-refractivity contribution in [2.75, 3.05) is 31.7 Å². The minimum Gasteiger partial charge on any atom is -0.395 e. The predicted octanol–water partition coefficient (Wildman–Crippen LogP) is 3.31. The second-order valence-corrected chi connectivity index (χ2v) is 7.81. The van der Waals surface area contributed by atoms with E-state index in [2.05, 4.69) is 30.6 Å². The molecule has 1 aliphatic heterocycles. The number of aromatic amines is 1. The van der Waals surface area contributed by atoms with Crippen molar-refractivity contribution in [3.05, 3.63) is 52.9 Å². The van der Waals surface area contributed by atoms with Gasteiger partial charge in [0, 0.05) is 49.5 Å². The number of hydrogen-bond donors (Lipinski definition) is 4. The summed E-state index contributed by atoms with van der Waals surface area (Å²) >= 11 is 0. The van der Waals surface area contributed by atoms with Crippen LogP contribution in [0.3, 0.4) is 0 Å². The first-order valence-corrected chi connectivity index (χ1v) is 10.7. The molecule has 4 N–H and O–H groups in total. The molecule has 1 saturated heterocycles. The molecule has 8 nitrogen and oxygen atoms in total. The highest BCUT2D eigenvalue weighted by Gasteiger charge is 2.25. The molecule has 0 bridgehead atoms. The zero-order chi connectivity index (χ0) is 23.4. The molecule has 0 amide bonds. The van der Waals surface area contributed by atoms with Gasteiger partial charge in [-0.1, -0.05) is 0 Å². The Morgan fingerprint density at radius 2 is 1.88 bits per heavy atom. The van der Waals surface area contributed by atoms with Gasteiger partial charge in [-0.2, -0.15) is 0 Å². The Kier molecular flexibility index (Phi) is 7.21. The summed E-state index contributed by atoms with van der Waals surface area (Å²) in [5.74, 6) is -1.37. The fourth-order valence-corrected chi connectivity index (χ4v) is 3.81. The van der Waals surface area contributed by atoms with Crippen molar-refractivity contribution in [3.63, 3.8) is 0 Å². The van der Waals surface area contributed by atoms with Crippen molar-refractivity contribution in [3.8, 4) is 11.4 Å². The number of rotatable bonds is 8. The Morgan fingerprint density at radius 1 is 1.09 bits per heavy atom. The molecule has 0 unspecified atom stereocenters. The number of benzene rings is 1. The normalized spacial score (nSPS) is 14.6. The lowest BCUT2D eigenvalue weighted by atomic mass is 9.94. The van der Waals surface area contributed by atoms with Gasteiger partial charge in [-0.3, -0.25) is 0 Å². The van der Waals surface area contributed by atoms with Gasteiger partial charge in [-0.15, -0.1) is 0 Å². The first kappa shape index (κ1) is 23.1. The molecule has 2 aromatic heterocycles. The number of hydrogen-bond acceptors (Lipinski definition) is 7. The average Bonchev–Trinajstić information content (AvgIpc) is 3.20. The van der Waals surface area contributed by atoms with E-state index in [0.717, 1.165) is 36.9 Å². The van der Waals surface area contributed by atoms with Crippen LogP contribution in [0.4, 0.5) is 24.8 Å². The number of aliphatic hydroxyl groups excluding tert-OH is 1. The smallest absolute Gasteiger partial charge is 0.228 e. The standard InChI is InChI=1S/C22H25F3N6O2/c1-12-28-19(13-2-6-33-7-3-13)21(29-12)20-17(25)11-27-22(31-20)30-18-9-15(23)14(8-16(18)24)10-26-4-5-32/h8-9,11,13,26,32H,2-7,10H2,1H3,(H,28,29)(H,27,30,31). The Morgan fingerprint density at radius 3 is 2.64 bits per heavy atom. The van der Waals surface area contributed by atoms with Gasteiger partial charge in [0.05, 0.1) is 18.5 Å². The van der Waals surface area contributed by atoms with E-state index >= 15 is 0 Å². The van der Waals surface area contributed by atoms with E-state index in [-0.39, 0.29) is 48.5 Å². The highest BCUT2D eigenvalue weighted by atomic mass is 19.1. The average molecular weight is 462 g/mol. The summed E-state index contributed by atoms with van der Waals surface area (Å²) in [5.41, 5.74) is 1.05. The van der Waals surface area contributed by atoms with Crippen LogP contribution in [0.15, 0.2) is 18.3 Å². The van der Waals surface area contributed by atoms with E-state index in [9.17, 15) is 13.2 Å². The molecule has 176 valence electrons. The molecule has 3 heterocycles. The molecular weight excluding hydrogens is 437 g/mol. The van der Waals surface area contributed by atoms with Gasteiger partial charge in [0.1, 0.15) is 28.8 Å². The second-order valence-electron chi connectivity index (χ2n) is 7.81. The van der Waals surface area contributed by atoms with Crippen LogP contribution in [0, 0.1) is 24.4 Å². The molecule has 0 spiro atoms. The predicted molar refractivity (Wildman–Crippen MR) is 116 cm³/mol. The number of anilines is 2. The molecule has 1 aromatic carbocycles. The van der Waals surface area contributed by atoms with Crippen LogP contribution in [-0.2, 0) is 11.3 Å². The third-order valence-electron chi connectivity index (χ3n) is 5.43. The van der Waals surface area contributed by atoms with E-state index in [4.69, 9.17) is 9.84 Å². The summed E-state index contributed by atoms with van der Waals surface area (Å²) in [4.78, 5) is 15.7. The van der Waals surface area contributed by atoms with Crippen LogP contribution in [0.25, 0.3) is 11.4 Å². The van der Waals surface area contributed by atoms with Crippen molar-refractivity contribution in [2.45, 2.75) is 32.2 Å². The zero-order valence-corrected chi connectivity index (χ0v) is 18.1. The number of nitrogens with zero attached hydrogens (tertiary/aromatic N) is 3. The summed E-state index contributed by atoms with van der Waals surface area (Å²) in [6.07, 6.45) is 2.52. The Balaban J connectivity index is 1.61. The van der Waals surface area contributed by atoms with Gasteiger partial charge in [0.2, 0.25) is 5.95 Å². The minimum atomic E-state index is -0.717. The fraction of sp³-hybridized carbons (Fsp3) is 0.409. The quantitative estimate of drug-likeness (QED) is 0.381. The van der Waals surface area contributed by atoms with Gasteiger partial charge in [-0.25, -0.2) is 28.1 Å². The molecule has 11 heteroatoms. The molecule has 0 radical (unpaired) electrons. The van der Waals surface area contributed by atoms with Crippen LogP contribution in [0.2, 0.25) is 0 Å². The number of nitrogens with one attached hydrogen (secondary N) is 3. The first-order chi connectivity index (χ1) is 16.0. The van der Waals surface area contributed by atoms with Crippen LogP contribution >= 0.6 is 0 Å². The van der Waals surface area contributed by atoms with Crippen molar-refractivity contribution < 1.29 is 23.0 Å². The number of halogens is 3. The van der Waals surface area contributed by atoms with Crippen molar-refractivity contribution in [2.24, 2.45) is 0 Å². The molecule has 3 aromatic rings. The van der Waals surface area contributed by atoms with Crippen molar-refractivity contribution >= 4 is 11.6 Å². The van der Waals surface area contributed by atoms with Crippen molar-refractivity contribution in [1.29, 1.82) is 0 Å². The third kappa shape index (κ3) is 5.32. The third-order valence-corrected chi connectivity index (χ3v) is 5.43. The van der Waals surface area contributed by atoms with Crippen LogP contribution < -0.4 is 10.6 Å². The second kappa shape index (κ2) is 10.3. The van der Waals surface area contributed by atoms with E-state index < -0.39 is 17.5 Å². The maximum absolute atomic E-state index is 14.7. The van der Waals surface area contributed by atoms with E-state index in [1.54, 1.807) is 6.92 Å². The highest BCUT2D eigenvalue weighted by Crippen LogP contribution is 2.34. The van der Waals surface area contributed by atoms with Crippen molar-refractivity contribution in [1.82, 2.24) is 25.3 Å². The molecular formula is C22H25F3N6O2. The van der Waals surface area contributed by atoms with E-state index in [1.807, 2.05) is 0 Å². The van der Waals surface area contributed by atoms with E-state index in [1.165, 1.54) is 0 Å². The number of aliphatic hydroxyl groups is 1. The number of aromatic nitrogens is 4. The van der Waals surface area contributed by atoms with Gasteiger partial charge in [0.15, 0.2) is 5.82 Å². The zero-order valence-electron chi connectivity index (χ0n) is 18.1. The minimum absolute atomic E-state index is 0.0240. The van der Waals surface area contributed by atoms with Gasteiger partial charge in [-0.05, 0) is 25.8 Å². The maximum atomic E-state index is 14.7. The summed E-state index contributed by atoms with van der Waals surface area (Å²) in [7, 11) is 0. The summed E-state index contributed by atoms with van der Waals surface area (Å²) < 4.78 is 49.1. The molecule has 0 atom stereocenters. The highest BCUT2D eigenvalue weighted by molar-refractivity contribution is 5.63. The number of ether oxygens (including phenoxy) is 1. The fourth-order valence-electron chi connectivity index (χ4n) is 3.81. The largest absolute Gasteiger partial charge is 0.395 e. The Hall–Kier alpha value is -3.02. The first-order valence-electron chi connectivity index (χ1n) is 10.7. The lowest BCUT2D eigenvalue weighted by molar-refractivity contribution is 0.0847. The van der Waals surface area contributed by atoms with Gasteiger partial charge in [0.25, 0.3) is 0 Å². The number of aryl methyl sites for hydroxylation is 1. The molecule has 4 rings (SSSR count). The molecule has 0 aliphatic carbocycles. The van der Waals surface area contributed by atoms with Gasteiger partial charge >= 0.3 is 0 Å². The summed E-state index contributed by atoms with van der Waals surface area (Å²) in [6.45, 7) is 3.21.